The molecule has 0 atom stereocenters. The lowest BCUT2D eigenvalue weighted by Gasteiger charge is -2.03. The van der Waals surface area contributed by atoms with Crippen LogP contribution in [-0.4, -0.2) is 24.7 Å². The number of rotatable bonds is 2. The summed E-state index contributed by atoms with van der Waals surface area (Å²) in [6.07, 6.45) is 5.49. The molecular formula is C16H12FN5. The maximum Gasteiger partial charge on any atom is 0.213 e. The summed E-state index contributed by atoms with van der Waals surface area (Å²) in [5, 5.41) is 5.44. The Morgan fingerprint density at radius 3 is 2.91 bits per heavy atom. The standard InChI is InChI=1S/C16H12FN5/c1-22-9-12(10-5-7-18-16-11(10)6-8-19-16)15(21-22)13-3-2-4-14(17)20-13/h2-9H,1H3,(H,18,19). The van der Waals surface area contributed by atoms with Crippen LogP contribution < -0.4 is 0 Å². The fraction of sp³-hybridized carbons (Fsp3) is 0.0625. The number of aryl methyl sites for hydroxylation is 1. The molecule has 4 heterocycles. The molecule has 0 amide bonds. The first-order valence-corrected chi connectivity index (χ1v) is 6.81. The second-order valence-corrected chi connectivity index (χ2v) is 5.01. The molecule has 1 N–H and O–H groups in total. The number of nitrogens with one attached hydrogen (secondary N) is 1. The summed E-state index contributed by atoms with van der Waals surface area (Å²) >= 11 is 0. The zero-order valence-electron chi connectivity index (χ0n) is 11.8. The van der Waals surface area contributed by atoms with E-state index in [1.165, 1.54) is 6.07 Å². The van der Waals surface area contributed by atoms with Gasteiger partial charge in [-0.1, -0.05) is 6.07 Å². The van der Waals surface area contributed by atoms with Gasteiger partial charge in [0.2, 0.25) is 5.95 Å². The first kappa shape index (κ1) is 12.7. The van der Waals surface area contributed by atoms with Gasteiger partial charge in [0, 0.05) is 36.6 Å². The van der Waals surface area contributed by atoms with Crippen LogP contribution in [0, 0.1) is 5.95 Å². The Hall–Kier alpha value is -3.02. The summed E-state index contributed by atoms with van der Waals surface area (Å²) in [6, 6.07) is 8.60. The molecule has 0 bridgehead atoms. The van der Waals surface area contributed by atoms with E-state index in [2.05, 4.69) is 20.1 Å². The topological polar surface area (TPSA) is 59.4 Å². The van der Waals surface area contributed by atoms with E-state index in [-0.39, 0.29) is 0 Å². The van der Waals surface area contributed by atoms with Crippen LogP contribution in [0.25, 0.3) is 33.5 Å². The van der Waals surface area contributed by atoms with E-state index in [0.717, 1.165) is 22.2 Å². The fourth-order valence-electron chi connectivity index (χ4n) is 2.61. The number of aromatic nitrogens is 5. The number of pyridine rings is 2. The van der Waals surface area contributed by atoms with Crippen LogP contribution in [0.5, 0.6) is 0 Å². The van der Waals surface area contributed by atoms with Crippen LogP contribution in [0.3, 0.4) is 0 Å². The predicted molar refractivity (Wildman–Crippen MR) is 81.5 cm³/mol. The molecule has 0 saturated carbocycles. The van der Waals surface area contributed by atoms with Crippen LogP contribution in [0.1, 0.15) is 0 Å². The second kappa shape index (κ2) is 4.77. The number of hydrogen-bond donors (Lipinski definition) is 1. The van der Waals surface area contributed by atoms with Crippen molar-refractivity contribution in [3.05, 3.63) is 54.9 Å². The van der Waals surface area contributed by atoms with Crippen LogP contribution in [0.15, 0.2) is 48.9 Å². The molecule has 0 aliphatic rings. The Morgan fingerprint density at radius 2 is 2.05 bits per heavy atom. The monoisotopic (exact) mass is 293 g/mol. The minimum atomic E-state index is -0.518. The molecular weight excluding hydrogens is 281 g/mol. The summed E-state index contributed by atoms with van der Waals surface area (Å²) < 4.78 is 15.1. The van der Waals surface area contributed by atoms with E-state index < -0.39 is 5.95 Å². The van der Waals surface area contributed by atoms with Crippen molar-refractivity contribution in [2.24, 2.45) is 7.05 Å². The van der Waals surface area contributed by atoms with Gasteiger partial charge in [-0.05, 0) is 29.8 Å². The van der Waals surface area contributed by atoms with Crippen molar-refractivity contribution >= 4 is 11.0 Å². The molecule has 0 aromatic carbocycles. The highest BCUT2D eigenvalue weighted by molar-refractivity contribution is 5.96. The van der Waals surface area contributed by atoms with Gasteiger partial charge < -0.3 is 4.98 Å². The summed E-state index contributed by atoms with van der Waals surface area (Å²) in [5.74, 6) is -0.518. The molecule has 0 saturated heterocycles. The van der Waals surface area contributed by atoms with Gasteiger partial charge in [-0.3, -0.25) is 4.68 Å². The highest BCUT2D eigenvalue weighted by Gasteiger charge is 2.16. The Morgan fingerprint density at radius 1 is 1.14 bits per heavy atom. The molecule has 0 unspecified atom stereocenters. The van der Waals surface area contributed by atoms with E-state index in [9.17, 15) is 4.39 Å². The molecule has 0 aliphatic carbocycles. The van der Waals surface area contributed by atoms with Crippen LogP contribution in [-0.2, 0) is 7.05 Å². The Kier molecular flexibility index (Phi) is 2.75. The maximum absolute atomic E-state index is 13.4. The second-order valence-electron chi connectivity index (χ2n) is 5.01. The molecule has 108 valence electrons. The van der Waals surface area contributed by atoms with Gasteiger partial charge in [-0.2, -0.15) is 9.49 Å². The summed E-state index contributed by atoms with van der Waals surface area (Å²) in [5.41, 5.74) is 3.85. The van der Waals surface area contributed by atoms with E-state index in [1.54, 1.807) is 23.0 Å². The van der Waals surface area contributed by atoms with Crippen molar-refractivity contribution < 1.29 is 4.39 Å². The van der Waals surface area contributed by atoms with Crippen molar-refractivity contribution in [2.45, 2.75) is 0 Å². The van der Waals surface area contributed by atoms with E-state index in [0.29, 0.717) is 11.4 Å². The van der Waals surface area contributed by atoms with Crippen molar-refractivity contribution in [3.63, 3.8) is 0 Å². The number of halogens is 1. The quantitative estimate of drug-likeness (QED) is 0.577. The average molecular weight is 293 g/mol. The van der Waals surface area contributed by atoms with Gasteiger partial charge in [0.1, 0.15) is 11.3 Å². The number of H-pyrrole nitrogens is 1. The van der Waals surface area contributed by atoms with Gasteiger partial charge in [0.15, 0.2) is 0 Å². The number of fused-ring (bicyclic) bond motifs is 1. The molecule has 22 heavy (non-hydrogen) atoms. The first-order valence-electron chi connectivity index (χ1n) is 6.81. The lowest BCUT2D eigenvalue weighted by atomic mass is 10.0. The molecule has 0 spiro atoms. The third-order valence-corrected chi connectivity index (χ3v) is 3.54. The predicted octanol–water partition coefficient (Wildman–Crippen LogP) is 3.16. The number of aromatic amines is 1. The number of nitrogens with zero attached hydrogens (tertiary/aromatic N) is 4. The Bertz CT molecular complexity index is 970. The summed E-state index contributed by atoms with van der Waals surface area (Å²) in [6.45, 7) is 0. The molecule has 0 fully saturated rings. The van der Waals surface area contributed by atoms with Gasteiger partial charge in [-0.25, -0.2) is 9.97 Å². The van der Waals surface area contributed by atoms with Gasteiger partial charge in [0.25, 0.3) is 0 Å². The highest BCUT2D eigenvalue weighted by Crippen LogP contribution is 2.33. The number of hydrogen-bond acceptors (Lipinski definition) is 3. The largest absolute Gasteiger partial charge is 0.346 e. The molecule has 0 aliphatic heterocycles. The lowest BCUT2D eigenvalue weighted by Crippen LogP contribution is -1.92. The van der Waals surface area contributed by atoms with E-state index in [1.807, 2.05) is 31.6 Å². The van der Waals surface area contributed by atoms with Gasteiger partial charge >= 0.3 is 0 Å². The molecule has 6 heteroatoms. The van der Waals surface area contributed by atoms with Crippen molar-refractivity contribution in [1.82, 2.24) is 24.7 Å². The minimum absolute atomic E-state index is 0.510. The van der Waals surface area contributed by atoms with Crippen LogP contribution >= 0.6 is 0 Å². The van der Waals surface area contributed by atoms with Gasteiger partial charge in [-0.15, -0.1) is 0 Å². The molecule has 0 radical (unpaired) electrons. The van der Waals surface area contributed by atoms with E-state index >= 15 is 0 Å². The zero-order chi connectivity index (χ0) is 15.1. The smallest absolute Gasteiger partial charge is 0.213 e. The minimum Gasteiger partial charge on any atom is -0.346 e. The van der Waals surface area contributed by atoms with Crippen LogP contribution in [0.4, 0.5) is 4.39 Å². The fourth-order valence-corrected chi connectivity index (χ4v) is 2.61. The highest BCUT2D eigenvalue weighted by atomic mass is 19.1. The third kappa shape index (κ3) is 1.96. The van der Waals surface area contributed by atoms with E-state index in [4.69, 9.17) is 0 Å². The maximum atomic E-state index is 13.4. The lowest BCUT2D eigenvalue weighted by molar-refractivity contribution is 0.585. The van der Waals surface area contributed by atoms with Crippen molar-refractivity contribution in [1.29, 1.82) is 0 Å². The normalized spacial score (nSPS) is 11.2. The van der Waals surface area contributed by atoms with Crippen molar-refractivity contribution in [2.75, 3.05) is 0 Å². The average Bonchev–Trinajstić information content (AvgIpc) is 3.13. The third-order valence-electron chi connectivity index (χ3n) is 3.54. The first-order chi connectivity index (χ1) is 10.7. The SMILES string of the molecule is Cn1cc(-c2ccnc3[nH]ccc23)c(-c2cccc(F)n2)n1. The molecule has 4 rings (SSSR count). The molecule has 5 nitrogen and oxygen atoms in total. The summed E-state index contributed by atoms with van der Waals surface area (Å²) in [4.78, 5) is 11.3. The van der Waals surface area contributed by atoms with Crippen LogP contribution in [0.2, 0.25) is 0 Å². The molecule has 4 aromatic heterocycles. The Labute approximate surface area is 125 Å². The Balaban J connectivity index is 1.99. The molecule has 4 aromatic rings. The zero-order valence-corrected chi connectivity index (χ0v) is 11.8. The summed E-state index contributed by atoms with van der Waals surface area (Å²) in [7, 11) is 1.84. The van der Waals surface area contributed by atoms with Crippen molar-refractivity contribution in [3.8, 4) is 22.5 Å². The van der Waals surface area contributed by atoms with Gasteiger partial charge in [0.05, 0.1) is 5.69 Å².